The molecule has 7 heteroatoms. The minimum absolute atomic E-state index is 0.0283. The highest BCUT2D eigenvalue weighted by Crippen LogP contribution is 2.13. The van der Waals surface area contributed by atoms with E-state index in [9.17, 15) is 18.0 Å². The summed E-state index contributed by atoms with van der Waals surface area (Å²) in [6.07, 6.45) is -3.67. The van der Waals surface area contributed by atoms with Crippen molar-refractivity contribution in [3.63, 3.8) is 0 Å². The van der Waals surface area contributed by atoms with Crippen LogP contribution in [0.1, 0.15) is 19.8 Å². The molecule has 15 heavy (non-hydrogen) atoms. The van der Waals surface area contributed by atoms with Gasteiger partial charge < -0.3 is 5.73 Å². The van der Waals surface area contributed by atoms with Crippen LogP contribution in [0.3, 0.4) is 0 Å². The van der Waals surface area contributed by atoms with Crippen molar-refractivity contribution in [1.29, 1.82) is 0 Å². The summed E-state index contributed by atoms with van der Waals surface area (Å²) in [4.78, 5) is 15.0. The Bertz CT molecular complexity index is 193. The highest BCUT2D eigenvalue weighted by molar-refractivity contribution is 5.75. The van der Waals surface area contributed by atoms with Crippen molar-refractivity contribution < 1.29 is 22.8 Å². The molecule has 4 nitrogen and oxygen atoms in total. The molecule has 0 fully saturated rings. The standard InChI is InChI=1S/C8H15F3N2O2/c1-2-6(4-12)3-7(14)13-15-5-8(9,10)11/h6H,2-5,12H2,1H3,(H,13,14). The molecule has 0 aliphatic heterocycles. The van der Waals surface area contributed by atoms with Crippen LogP contribution in [0.4, 0.5) is 13.2 Å². The van der Waals surface area contributed by atoms with E-state index < -0.39 is 18.7 Å². The number of halogens is 3. The van der Waals surface area contributed by atoms with Crippen molar-refractivity contribution >= 4 is 5.91 Å². The minimum Gasteiger partial charge on any atom is -0.330 e. The smallest absolute Gasteiger partial charge is 0.330 e. The maximum Gasteiger partial charge on any atom is 0.414 e. The molecule has 0 radical (unpaired) electrons. The van der Waals surface area contributed by atoms with Gasteiger partial charge in [-0.05, 0) is 12.5 Å². The third kappa shape index (κ3) is 8.19. The zero-order chi connectivity index (χ0) is 11.9. The number of carbonyl (C=O) groups is 1. The molecule has 3 N–H and O–H groups in total. The van der Waals surface area contributed by atoms with Gasteiger partial charge in [0.2, 0.25) is 5.91 Å². The summed E-state index contributed by atoms with van der Waals surface area (Å²) in [5.41, 5.74) is 7.05. The average Bonchev–Trinajstić information content (AvgIpc) is 2.12. The molecular formula is C8H15F3N2O2. The van der Waals surface area contributed by atoms with Crippen LogP contribution in [0.2, 0.25) is 0 Å². The van der Waals surface area contributed by atoms with Gasteiger partial charge in [-0.3, -0.25) is 9.63 Å². The molecule has 90 valence electrons. The molecular weight excluding hydrogens is 213 g/mol. The molecule has 0 aliphatic rings. The van der Waals surface area contributed by atoms with Gasteiger partial charge in [0, 0.05) is 6.42 Å². The van der Waals surface area contributed by atoms with E-state index in [0.29, 0.717) is 13.0 Å². The second-order valence-corrected chi connectivity index (χ2v) is 3.14. The fourth-order valence-corrected chi connectivity index (χ4v) is 0.897. The first kappa shape index (κ1) is 14.2. The van der Waals surface area contributed by atoms with Crippen LogP contribution in [0, 0.1) is 5.92 Å². The highest BCUT2D eigenvalue weighted by atomic mass is 19.4. The Kier molecular flexibility index (Phi) is 6.26. The maximum absolute atomic E-state index is 11.6. The third-order valence-corrected chi connectivity index (χ3v) is 1.81. The Morgan fingerprint density at radius 2 is 2.13 bits per heavy atom. The number of hydroxylamine groups is 1. The number of nitrogens with two attached hydrogens (primary N) is 1. The van der Waals surface area contributed by atoms with E-state index in [2.05, 4.69) is 4.84 Å². The van der Waals surface area contributed by atoms with Crippen molar-refractivity contribution in [2.45, 2.75) is 25.9 Å². The zero-order valence-electron chi connectivity index (χ0n) is 8.43. The average molecular weight is 228 g/mol. The summed E-state index contributed by atoms with van der Waals surface area (Å²) in [6, 6.07) is 0. The predicted octanol–water partition coefficient (Wildman–Crippen LogP) is 0.972. The third-order valence-electron chi connectivity index (χ3n) is 1.81. The fourth-order valence-electron chi connectivity index (χ4n) is 0.897. The molecule has 0 spiro atoms. The monoisotopic (exact) mass is 228 g/mol. The lowest BCUT2D eigenvalue weighted by Gasteiger charge is -2.12. The van der Waals surface area contributed by atoms with E-state index in [-0.39, 0.29) is 12.3 Å². The van der Waals surface area contributed by atoms with E-state index in [1.807, 2.05) is 6.92 Å². The topological polar surface area (TPSA) is 64.4 Å². The summed E-state index contributed by atoms with van der Waals surface area (Å²) in [7, 11) is 0. The van der Waals surface area contributed by atoms with Crippen LogP contribution in [0.5, 0.6) is 0 Å². The molecule has 0 heterocycles. The molecule has 0 aliphatic carbocycles. The summed E-state index contributed by atoms with van der Waals surface area (Å²) < 4.78 is 34.8. The lowest BCUT2D eigenvalue weighted by molar-refractivity contribution is -0.191. The van der Waals surface area contributed by atoms with E-state index in [1.54, 1.807) is 5.48 Å². The summed E-state index contributed by atoms with van der Waals surface area (Å²) in [5, 5.41) is 0. The fraction of sp³-hybridized carbons (Fsp3) is 0.875. The van der Waals surface area contributed by atoms with Gasteiger partial charge in [0.15, 0.2) is 6.61 Å². The normalized spacial score (nSPS) is 13.7. The van der Waals surface area contributed by atoms with Crippen molar-refractivity contribution in [1.82, 2.24) is 5.48 Å². The highest BCUT2D eigenvalue weighted by Gasteiger charge is 2.28. The molecule has 0 aromatic carbocycles. The van der Waals surface area contributed by atoms with Crippen molar-refractivity contribution in [3.05, 3.63) is 0 Å². The SMILES string of the molecule is CCC(CN)CC(=O)NOCC(F)(F)F. The lowest BCUT2D eigenvalue weighted by atomic mass is 10.0. The number of hydrogen-bond donors (Lipinski definition) is 2. The Labute approximate surface area is 85.9 Å². The van der Waals surface area contributed by atoms with Crippen molar-refractivity contribution in [2.24, 2.45) is 11.7 Å². The molecule has 1 unspecified atom stereocenters. The Balaban J connectivity index is 3.66. The van der Waals surface area contributed by atoms with Gasteiger partial charge in [-0.15, -0.1) is 0 Å². The van der Waals surface area contributed by atoms with Crippen LogP contribution in [-0.2, 0) is 9.63 Å². The molecule has 1 amide bonds. The quantitative estimate of drug-likeness (QED) is 0.666. The summed E-state index contributed by atoms with van der Waals surface area (Å²) in [6.45, 7) is 0.683. The summed E-state index contributed by atoms with van der Waals surface area (Å²) in [5.74, 6) is -0.615. The second kappa shape index (κ2) is 6.62. The first-order valence-electron chi connectivity index (χ1n) is 4.56. The number of alkyl halides is 3. The first-order valence-corrected chi connectivity index (χ1v) is 4.56. The Morgan fingerprint density at radius 3 is 2.53 bits per heavy atom. The summed E-state index contributed by atoms with van der Waals surface area (Å²) >= 11 is 0. The van der Waals surface area contributed by atoms with Crippen molar-refractivity contribution in [2.75, 3.05) is 13.2 Å². The molecule has 0 saturated carbocycles. The first-order chi connectivity index (χ1) is 6.89. The van der Waals surface area contributed by atoms with Crippen LogP contribution in [0.15, 0.2) is 0 Å². The van der Waals surface area contributed by atoms with E-state index in [0.717, 1.165) is 0 Å². The minimum atomic E-state index is -4.44. The van der Waals surface area contributed by atoms with Gasteiger partial charge in [-0.2, -0.15) is 13.2 Å². The van der Waals surface area contributed by atoms with Gasteiger partial charge in [-0.1, -0.05) is 13.3 Å². The Morgan fingerprint density at radius 1 is 1.53 bits per heavy atom. The number of nitrogens with one attached hydrogen (secondary N) is 1. The molecule has 0 aromatic heterocycles. The molecule has 0 bridgehead atoms. The number of amides is 1. The lowest BCUT2D eigenvalue weighted by Crippen LogP contribution is -2.31. The number of hydrogen-bond acceptors (Lipinski definition) is 3. The second-order valence-electron chi connectivity index (χ2n) is 3.14. The Hall–Kier alpha value is -0.820. The number of rotatable bonds is 6. The van der Waals surface area contributed by atoms with E-state index in [4.69, 9.17) is 5.73 Å². The molecule has 0 saturated heterocycles. The zero-order valence-corrected chi connectivity index (χ0v) is 8.43. The van der Waals surface area contributed by atoms with E-state index >= 15 is 0 Å². The van der Waals surface area contributed by atoms with Gasteiger partial charge in [-0.25, -0.2) is 5.48 Å². The van der Waals surface area contributed by atoms with Crippen LogP contribution in [-0.4, -0.2) is 25.2 Å². The number of carbonyl (C=O) groups excluding carboxylic acids is 1. The van der Waals surface area contributed by atoms with Crippen LogP contribution >= 0.6 is 0 Å². The largest absolute Gasteiger partial charge is 0.414 e. The van der Waals surface area contributed by atoms with Gasteiger partial charge in [0.25, 0.3) is 0 Å². The molecule has 1 atom stereocenters. The maximum atomic E-state index is 11.6. The van der Waals surface area contributed by atoms with Crippen LogP contribution in [0.25, 0.3) is 0 Å². The van der Waals surface area contributed by atoms with E-state index in [1.165, 1.54) is 0 Å². The van der Waals surface area contributed by atoms with Gasteiger partial charge in [0.05, 0.1) is 0 Å². The van der Waals surface area contributed by atoms with Crippen molar-refractivity contribution in [3.8, 4) is 0 Å². The molecule has 0 aromatic rings. The van der Waals surface area contributed by atoms with Gasteiger partial charge >= 0.3 is 6.18 Å². The molecule has 0 rings (SSSR count). The van der Waals surface area contributed by atoms with Crippen LogP contribution < -0.4 is 11.2 Å². The predicted molar refractivity (Wildman–Crippen MR) is 47.6 cm³/mol. The van der Waals surface area contributed by atoms with Gasteiger partial charge in [0.1, 0.15) is 0 Å².